The van der Waals surface area contributed by atoms with Gasteiger partial charge in [0.1, 0.15) is 32.1 Å². The van der Waals surface area contributed by atoms with Crippen LogP contribution >= 0.6 is 23.2 Å². The van der Waals surface area contributed by atoms with E-state index in [0.717, 1.165) is 22.1 Å². The largest absolute Gasteiger partial charge is 0.450 e. The van der Waals surface area contributed by atoms with Crippen molar-refractivity contribution >= 4 is 98.4 Å². The van der Waals surface area contributed by atoms with Crippen LogP contribution in [0, 0.1) is 0 Å². The van der Waals surface area contributed by atoms with Gasteiger partial charge in [-0.1, -0.05) is 23.2 Å². The molecule has 2 aliphatic rings. The molecule has 2 aliphatic heterocycles. The van der Waals surface area contributed by atoms with Gasteiger partial charge >= 0.3 is 0 Å². The van der Waals surface area contributed by atoms with Crippen molar-refractivity contribution in [1.29, 1.82) is 0 Å². The van der Waals surface area contributed by atoms with Crippen LogP contribution in [0.3, 0.4) is 0 Å². The third-order valence-corrected chi connectivity index (χ3v) is 11.6. The fourth-order valence-electron chi connectivity index (χ4n) is 7.09. The number of halogens is 2. The Balaban J connectivity index is 1.29. The van der Waals surface area contributed by atoms with Crippen LogP contribution < -0.4 is 20.2 Å². The summed E-state index contributed by atoms with van der Waals surface area (Å²) in [5.41, 5.74) is 3.76. The standard InChI is InChI=1S/C34H22Cl2N4O8S2/c1-3-39-21-9-5-15(49(41,42)43)13-17(21)25-23(39)11-7-19-31(25)47-33-27(35)30-34(28(36)29(33)37-19)48-32-20(38-30)8-12-24-26(32)18-14-16(50(44,45)46)6-10-22(18)40(24)4-2/h5-14H,3-4H2,1-2H3,(H,41,42,43)(H,44,45,46). The highest BCUT2D eigenvalue weighted by molar-refractivity contribution is 7.86. The first-order valence-corrected chi connectivity index (χ1v) is 18.9. The van der Waals surface area contributed by atoms with E-state index in [1.807, 2.05) is 35.1 Å². The van der Waals surface area contributed by atoms with Gasteiger partial charge in [0, 0.05) is 34.9 Å². The summed E-state index contributed by atoms with van der Waals surface area (Å²) in [7, 11) is -8.98. The van der Waals surface area contributed by atoms with Crippen LogP contribution in [-0.2, 0) is 33.3 Å². The molecule has 50 heavy (non-hydrogen) atoms. The molecular formula is C34H22Cl2N4O8S2. The van der Waals surface area contributed by atoms with Crippen molar-refractivity contribution in [2.24, 2.45) is 9.98 Å². The first kappa shape index (κ1) is 31.3. The summed E-state index contributed by atoms with van der Waals surface area (Å²) < 4.78 is 84.8. The minimum atomic E-state index is -4.49. The lowest BCUT2D eigenvalue weighted by Gasteiger charge is -2.22. The second-order valence-electron chi connectivity index (χ2n) is 11.8. The number of ether oxygens (including phenoxy) is 2. The summed E-state index contributed by atoms with van der Waals surface area (Å²) in [4.78, 5) is 9.13. The third-order valence-electron chi connectivity index (χ3n) is 9.21. The molecular weight excluding hydrogens is 727 g/mol. The summed E-state index contributed by atoms with van der Waals surface area (Å²) in [5.74, 6) is 0.879. The number of nitrogens with zero attached hydrogens (tertiary/aromatic N) is 4. The Morgan fingerprint density at radius 2 is 0.980 bits per heavy atom. The summed E-state index contributed by atoms with van der Waals surface area (Å²) in [5, 5.41) is 2.72. The zero-order valence-corrected chi connectivity index (χ0v) is 29.0. The molecule has 16 heteroatoms. The normalized spacial score (nSPS) is 13.7. The molecule has 5 aromatic carbocycles. The SMILES string of the molecule is CCn1c2ccc(S(=O)(=O)O)cc2c2c3c(ccc21)N=c1c(Cl)c2c(c(Cl)c1O3)=Nc1ccc3c(c1O2)c1cc(S(=O)(=O)O)ccc1n3CC. The Kier molecular flexibility index (Phi) is 6.52. The van der Waals surface area contributed by atoms with Gasteiger partial charge in [-0.2, -0.15) is 16.8 Å². The number of rotatable bonds is 4. The van der Waals surface area contributed by atoms with Gasteiger partial charge < -0.3 is 18.6 Å². The number of hydrogen-bond donors (Lipinski definition) is 2. The van der Waals surface area contributed by atoms with Crippen molar-refractivity contribution in [3.8, 4) is 23.0 Å². The van der Waals surface area contributed by atoms with Crippen LogP contribution in [0.4, 0.5) is 11.4 Å². The van der Waals surface area contributed by atoms with Gasteiger partial charge in [-0.25, -0.2) is 9.98 Å². The van der Waals surface area contributed by atoms with Crippen molar-refractivity contribution in [1.82, 2.24) is 9.13 Å². The zero-order valence-electron chi connectivity index (χ0n) is 25.9. The van der Waals surface area contributed by atoms with Crippen molar-refractivity contribution in [3.63, 3.8) is 0 Å². The number of fused-ring (bicyclic) bond motifs is 12. The average Bonchev–Trinajstić information content (AvgIpc) is 3.60. The number of hydrogen-bond acceptors (Lipinski definition) is 8. The maximum Gasteiger partial charge on any atom is 0.294 e. The van der Waals surface area contributed by atoms with Gasteiger partial charge in [-0.3, -0.25) is 9.11 Å². The second-order valence-corrected chi connectivity index (χ2v) is 15.4. The van der Waals surface area contributed by atoms with Crippen molar-refractivity contribution < 1.29 is 35.4 Å². The molecule has 0 radical (unpaired) electrons. The van der Waals surface area contributed by atoms with E-state index in [1.165, 1.54) is 24.3 Å². The molecule has 12 nitrogen and oxygen atoms in total. The lowest BCUT2D eigenvalue weighted by atomic mass is 10.1. The quantitative estimate of drug-likeness (QED) is 0.172. The number of aromatic nitrogens is 2. The molecule has 2 aromatic heterocycles. The highest BCUT2D eigenvalue weighted by atomic mass is 35.5. The van der Waals surface area contributed by atoms with Crippen molar-refractivity contribution in [3.05, 3.63) is 81.4 Å². The first-order chi connectivity index (χ1) is 23.8. The van der Waals surface area contributed by atoms with E-state index < -0.39 is 20.2 Å². The number of aryl methyl sites for hydroxylation is 2. The summed E-state index contributed by atoms with van der Waals surface area (Å²) in [6.45, 7) is 5.04. The molecule has 0 atom stereocenters. The highest BCUT2D eigenvalue weighted by Crippen LogP contribution is 2.50. The minimum Gasteiger partial charge on any atom is -0.450 e. The predicted octanol–water partition coefficient (Wildman–Crippen LogP) is 7.86. The molecule has 2 N–H and O–H groups in total. The van der Waals surface area contributed by atoms with E-state index in [-0.39, 0.29) is 42.0 Å². The summed E-state index contributed by atoms with van der Waals surface area (Å²) in [6, 6.07) is 16.0. The van der Waals surface area contributed by atoms with Crippen LogP contribution in [0.2, 0.25) is 10.0 Å². The lowest BCUT2D eigenvalue weighted by molar-refractivity contribution is 0.457. The molecule has 0 spiro atoms. The fourth-order valence-corrected chi connectivity index (χ4v) is 8.62. The van der Waals surface area contributed by atoms with E-state index in [2.05, 4.69) is 0 Å². The lowest BCUT2D eigenvalue weighted by Crippen LogP contribution is -2.22. The molecule has 9 rings (SSSR count). The Morgan fingerprint density at radius 3 is 1.34 bits per heavy atom. The van der Waals surface area contributed by atoms with Gasteiger partial charge in [0.15, 0.2) is 23.0 Å². The molecule has 0 unspecified atom stereocenters. The van der Waals surface area contributed by atoms with Gasteiger partial charge in [0.2, 0.25) is 0 Å². The smallest absolute Gasteiger partial charge is 0.294 e. The van der Waals surface area contributed by atoms with Gasteiger partial charge in [-0.05, 0) is 74.5 Å². The van der Waals surface area contributed by atoms with Crippen LogP contribution in [0.25, 0.3) is 43.6 Å². The molecule has 0 fully saturated rings. The molecule has 7 aromatic rings. The molecule has 0 saturated heterocycles. The Morgan fingerprint density at radius 1 is 0.600 bits per heavy atom. The van der Waals surface area contributed by atoms with Crippen LogP contribution in [0.15, 0.2) is 80.4 Å². The predicted molar refractivity (Wildman–Crippen MR) is 188 cm³/mol. The van der Waals surface area contributed by atoms with Gasteiger partial charge in [0.05, 0.1) is 31.6 Å². The molecule has 0 aliphatic carbocycles. The zero-order chi connectivity index (χ0) is 35.0. The molecule has 4 heterocycles. The van der Waals surface area contributed by atoms with Crippen LogP contribution in [-0.4, -0.2) is 35.1 Å². The second kappa shape index (κ2) is 10.4. The highest BCUT2D eigenvalue weighted by Gasteiger charge is 2.31. The molecule has 0 bridgehead atoms. The minimum absolute atomic E-state index is 0.0686. The monoisotopic (exact) mass is 748 g/mol. The van der Waals surface area contributed by atoms with E-state index in [1.54, 1.807) is 24.3 Å². The van der Waals surface area contributed by atoms with Crippen LogP contribution in [0.5, 0.6) is 23.0 Å². The van der Waals surface area contributed by atoms with E-state index >= 15 is 0 Å². The fraction of sp³-hybridized carbons (Fsp3) is 0.118. The topological polar surface area (TPSA) is 162 Å². The third kappa shape index (κ3) is 4.23. The van der Waals surface area contributed by atoms with Gasteiger partial charge in [0.25, 0.3) is 20.2 Å². The number of benzene rings is 5. The van der Waals surface area contributed by atoms with Gasteiger partial charge in [-0.15, -0.1) is 0 Å². The maximum atomic E-state index is 12.1. The summed E-state index contributed by atoms with van der Waals surface area (Å²) >= 11 is 14.0. The van der Waals surface area contributed by atoms with E-state index in [4.69, 9.17) is 42.7 Å². The summed E-state index contributed by atoms with van der Waals surface area (Å²) in [6.07, 6.45) is 0. The van der Waals surface area contributed by atoms with E-state index in [9.17, 15) is 25.9 Å². The average molecular weight is 750 g/mol. The molecule has 252 valence electrons. The van der Waals surface area contributed by atoms with Crippen molar-refractivity contribution in [2.75, 3.05) is 0 Å². The Hall–Kier alpha value is -4.70. The Labute approximate surface area is 292 Å². The Bertz CT molecular complexity index is 2890. The van der Waals surface area contributed by atoms with Crippen molar-refractivity contribution in [2.45, 2.75) is 36.7 Å². The van der Waals surface area contributed by atoms with Crippen LogP contribution in [0.1, 0.15) is 13.8 Å². The first-order valence-electron chi connectivity index (χ1n) is 15.3. The molecule has 0 saturated carbocycles. The molecule has 0 amide bonds. The van der Waals surface area contributed by atoms with E-state index in [0.29, 0.717) is 57.5 Å². The maximum absolute atomic E-state index is 12.1.